The molecule has 1 aromatic carbocycles. The molecule has 0 radical (unpaired) electrons. The molecule has 1 aliphatic heterocycles. The van der Waals surface area contributed by atoms with E-state index in [0.717, 1.165) is 19.2 Å². The maximum atomic E-state index is 14.0. The lowest BCUT2D eigenvalue weighted by atomic mass is 9.98. The minimum absolute atomic E-state index is 0. The van der Waals surface area contributed by atoms with E-state index in [4.69, 9.17) is 5.11 Å². The summed E-state index contributed by atoms with van der Waals surface area (Å²) in [5, 5.41) is 12.2. The molecule has 1 fully saturated rings. The Morgan fingerprint density at radius 3 is 2.43 bits per heavy atom. The van der Waals surface area contributed by atoms with Crippen LogP contribution in [-0.2, 0) is 0 Å². The van der Waals surface area contributed by atoms with E-state index >= 15 is 0 Å². The van der Waals surface area contributed by atoms with Gasteiger partial charge in [0.15, 0.2) is 17.5 Å². The van der Waals surface area contributed by atoms with E-state index < -0.39 is 17.5 Å². The van der Waals surface area contributed by atoms with E-state index in [1.165, 1.54) is 6.07 Å². The van der Waals surface area contributed by atoms with Crippen LogP contribution in [0.3, 0.4) is 0 Å². The number of hydrogen-bond acceptors (Lipinski definition) is 3. The van der Waals surface area contributed by atoms with Crippen LogP contribution in [0.15, 0.2) is 12.1 Å². The quantitative estimate of drug-likeness (QED) is 0.816. The molecule has 0 unspecified atom stereocenters. The zero-order valence-electron chi connectivity index (χ0n) is 11.6. The van der Waals surface area contributed by atoms with Gasteiger partial charge in [0.25, 0.3) is 0 Å². The van der Waals surface area contributed by atoms with Gasteiger partial charge in [-0.2, -0.15) is 0 Å². The lowest BCUT2D eigenvalue weighted by molar-refractivity contribution is 0.151. The summed E-state index contributed by atoms with van der Waals surface area (Å²) in [5.74, 6) is -3.72. The van der Waals surface area contributed by atoms with E-state index in [1.54, 1.807) is 0 Å². The van der Waals surface area contributed by atoms with Crippen LogP contribution in [0.25, 0.3) is 0 Å². The fraction of sp³-hybridized carbons (Fsp3) is 0.571. The molecule has 0 spiro atoms. The van der Waals surface area contributed by atoms with E-state index in [1.807, 2.05) is 4.90 Å². The summed E-state index contributed by atoms with van der Waals surface area (Å²) >= 11 is 0. The zero-order chi connectivity index (χ0) is 14.5. The number of nitrogens with zero attached hydrogens (tertiary/aromatic N) is 1. The van der Waals surface area contributed by atoms with Gasteiger partial charge in [-0.3, -0.25) is 4.90 Å². The van der Waals surface area contributed by atoms with Gasteiger partial charge in [0, 0.05) is 44.4 Å². The maximum Gasteiger partial charge on any atom is 0.194 e. The Labute approximate surface area is 128 Å². The smallest absolute Gasteiger partial charge is 0.194 e. The normalized spacial score (nSPS) is 17.3. The first-order valence-electron chi connectivity index (χ1n) is 6.84. The third kappa shape index (κ3) is 4.32. The first kappa shape index (κ1) is 18.2. The molecule has 3 nitrogen and oxygen atoms in total. The van der Waals surface area contributed by atoms with Gasteiger partial charge in [0.1, 0.15) is 0 Å². The van der Waals surface area contributed by atoms with Gasteiger partial charge in [-0.25, -0.2) is 13.2 Å². The number of benzene rings is 1. The molecule has 7 heteroatoms. The number of piperazine rings is 1. The maximum absolute atomic E-state index is 14.0. The molecule has 1 saturated heterocycles. The van der Waals surface area contributed by atoms with Crippen LogP contribution in [0.2, 0.25) is 0 Å². The topological polar surface area (TPSA) is 35.5 Å². The van der Waals surface area contributed by atoms with Crippen molar-refractivity contribution in [2.24, 2.45) is 0 Å². The second-order valence-corrected chi connectivity index (χ2v) is 4.93. The molecule has 1 heterocycles. The Balaban J connectivity index is 0.00000220. The van der Waals surface area contributed by atoms with Crippen LogP contribution in [0.4, 0.5) is 13.2 Å². The monoisotopic (exact) mass is 324 g/mol. The van der Waals surface area contributed by atoms with Crippen molar-refractivity contribution in [3.8, 4) is 0 Å². The largest absolute Gasteiger partial charge is 0.396 e. The number of hydrogen-bond donors (Lipinski definition) is 2. The van der Waals surface area contributed by atoms with Gasteiger partial charge in [0.05, 0.1) is 0 Å². The summed E-state index contributed by atoms with van der Waals surface area (Å²) in [7, 11) is 0. The SMILES string of the molecule is Cl.OCCC[C@H](c1ccc(F)c(F)c1F)N1CCNCC1. The summed E-state index contributed by atoms with van der Waals surface area (Å²) in [5.41, 5.74) is 0.166. The van der Waals surface area contributed by atoms with E-state index in [9.17, 15) is 13.2 Å². The lowest BCUT2D eigenvalue weighted by Crippen LogP contribution is -2.45. The van der Waals surface area contributed by atoms with Crippen LogP contribution in [-0.4, -0.2) is 42.8 Å². The number of aliphatic hydroxyl groups is 1. The lowest BCUT2D eigenvalue weighted by Gasteiger charge is -2.35. The molecule has 120 valence electrons. The van der Waals surface area contributed by atoms with Crippen molar-refractivity contribution < 1.29 is 18.3 Å². The van der Waals surface area contributed by atoms with Crippen LogP contribution >= 0.6 is 12.4 Å². The molecular weight excluding hydrogens is 305 g/mol. The summed E-state index contributed by atoms with van der Waals surface area (Å²) < 4.78 is 40.4. The summed E-state index contributed by atoms with van der Waals surface area (Å²) in [6.45, 7) is 2.98. The molecule has 1 aromatic rings. The van der Waals surface area contributed by atoms with Gasteiger partial charge in [-0.05, 0) is 18.9 Å². The predicted octanol–water partition coefficient (Wildman–Crippen LogP) is 2.24. The summed E-state index contributed by atoms with van der Waals surface area (Å²) in [6, 6.07) is 1.93. The van der Waals surface area contributed by atoms with E-state index in [-0.39, 0.29) is 30.6 Å². The summed E-state index contributed by atoms with van der Waals surface area (Å²) in [6.07, 6.45) is 1.01. The molecule has 21 heavy (non-hydrogen) atoms. The fourth-order valence-electron chi connectivity index (χ4n) is 2.61. The zero-order valence-corrected chi connectivity index (χ0v) is 12.4. The van der Waals surface area contributed by atoms with Gasteiger partial charge in [-0.15, -0.1) is 12.4 Å². The average Bonchev–Trinajstić information content (AvgIpc) is 2.48. The minimum atomic E-state index is -1.42. The van der Waals surface area contributed by atoms with Crippen molar-refractivity contribution in [1.82, 2.24) is 10.2 Å². The van der Waals surface area contributed by atoms with Crippen LogP contribution in [0.5, 0.6) is 0 Å². The standard InChI is InChI=1S/C14H19F3N2O.ClH/c15-11-4-3-10(13(16)14(11)17)12(2-1-9-20)19-7-5-18-6-8-19;/h3-4,12,18,20H,1-2,5-9H2;1H/t12-;/m1./s1. The minimum Gasteiger partial charge on any atom is -0.396 e. The van der Waals surface area contributed by atoms with E-state index in [2.05, 4.69) is 5.32 Å². The van der Waals surface area contributed by atoms with Crippen LogP contribution < -0.4 is 5.32 Å². The fourth-order valence-corrected chi connectivity index (χ4v) is 2.61. The van der Waals surface area contributed by atoms with Crippen molar-refractivity contribution in [3.63, 3.8) is 0 Å². The molecule has 2 rings (SSSR count). The average molecular weight is 325 g/mol. The second kappa shape index (κ2) is 8.58. The van der Waals surface area contributed by atoms with Gasteiger partial charge in [0.2, 0.25) is 0 Å². The number of rotatable bonds is 5. The van der Waals surface area contributed by atoms with Crippen molar-refractivity contribution in [2.45, 2.75) is 18.9 Å². The first-order chi connectivity index (χ1) is 9.65. The highest BCUT2D eigenvalue weighted by Crippen LogP contribution is 2.30. The number of nitrogens with one attached hydrogen (secondary N) is 1. The molecule has 0 bridgehead atoms. The third-order valence-corrected chi connectivity index (χ3v) is 3.65. The third-order valence-electron chi connectivity index (χ3n) is 3.65. The number of halogens is 4. The van der Waals surface area contributed by atoms with Gasteiger partial charge < -0.3 is 10.4 Å². The molecule has 0 aliphatic carbocycles. The highest BCUT2D eigenvalue weighted by atomic mass is 35.5. The predicted molar refractivity (Wildman–Crippen MR) is 77.1 cm³/mol. The van der Waals surface area contributed by atoms with Crippen LogP contribution in [0.1, 0.15) is 24.4 Å². The molecule has 0 aromatic heterocycles. The molecule has 1 atom stereocenters. The van der Waals surface area contributed by atoms with Crippen LogP contribution in [0, 0.1) is 17.5 Å². The van der Waals surface area contributed by atoms with Gasteiger partial charge >= 0.3 is 0 Å². The van der Waals surface area contributed by atoms with Gasteiger partial charge in [-0.1, -0.05) is 6.07 Å². The number of aliphatic hydroxyl groups excluding tert-OH is 1. The Bertz CT molecular complexity index is 456. The Hall–Kier alpha value is -0.820. The summed E-state index contributed by atoms with van der Waals surface area (Å²) in [4.78, 5) is 2.04. The van der Waals surface area contributed by atoms with E-state index in [0.29, 0.717) is 25.9 Å². The Morgan fingerprint density at radius 2 is 1.81 bits per heavy atom. The first-order valence-corrected chi connectivity index (χ1v) is 6.84. The molecular formula is C14H20ClF3N2O. The highest BCUT2D eigenvalue weighted by Gasteiger charge is 2.26. The van der Waals surface area contributed by atoms with Crippen molar-refractivity contribution >= 4 is 12.4 Å². The van der Waals surface area contributed by atoms with Crippen molar-refractivity contribution in [1.29, 1.82) is 0 Å². The molecule has 1 aliphatic rings. The molecule has 0 amide bonds. The molecule has 0 saturated carbocycles. The highest BCUT2D eigenvalue weighted by molar-refractivity contribution is 5.85. The Kier molecular flexibility index (Phi) is 7.45. The Morgan fingerprint density at radius 1 is 1.14 bits per heavy atom. The van der Waals surface area contributed by atoms with Crippen molar-refractivity contribution in [3.05, 3.63) is 35.1 Å². The molecule has 2 N–H and O–H groups in total. The second-order valence-electron chi connectivity index (χ2n) is 4.93. The van der Waals surface area contributed by atoms with Crippen molar-refractivity contribution in [2.75, 3.05) is 32.8 Å².